The van der Waals surface area contributed by atoms with Crippen LogP contribution < -0.4 is 0 Å². The summed E-state index contributed by atoms with van der Waals surface area (Å²) in [5, 5.41) is 9.67. The average Bonchev–Trinajstić information content (AvgIpc) is 3.11. The first-order chi connectivity index (χ1) is 15.4. The van der Waals surface area contributed by atoms with Crippen LogP contribution in [0.15, 0.2) is 66.7 Å². The van der Waals surface area contributed by atoms with Gasteiger partial charge in [0, 0.05) is 19.4 Å². The summed E-state index contributed by atoms with van der Waals surface area (Å²) in [5.74, 6) is -1.70. The molecule has 1 N–H and O–H groups in total. The van der Waals surface area contributed by atoms with Crippen molar-refractivity contribution in [3.63, 3.8) is 0 Å². The molecule has 164 valence electrons. The van der Waals surface area contributed by atoms with E-state index in [0.29, 0.717) is 11.1 Å². The summed E-state index contributed by atoms with van der Waals surface area (Å²) in [6, 6.07) is 19.4. The lowest BCUT2D eigenvalue weighted by Gasteiger charge is -2.25. The van der Waals surface area contributed by atoms with Crippen LogP contribution in [0.5, 0.6) is 0 Å². The zero-order valence-electron chi connectivity index (χ0n) is 17.9. The van der Waals surface area contributed by atoms with Gasteiger partial charge in [-0.25, -0.2) is 14.0 Å². The predicted molar refractivity (Wildman–Crippen MR) is 119 cm³/mol. The third-order valence-electron chi connectivity index (χ3n) is 6.04. The van der Waals surface area contributed by atoms with Crippen molar-refractivity contribution in [1.82, 2.24) is 4.90 Å². The Hall–Kier alpha value is -3.67. The Morgan fingerprint density at radius 1 is 1.03 bits per heavy atom. The highest BCUT2D eigenvalue weighted by Crippen LogP contribution is 2.44. The molecule has 0 bridgehead atoms. The van der Waals surface area contributed by atoms with E-state index in [2.05, 4.69) is 0 Å². The van der Waals surface area contributed by atoms with Crippen molar-refractivity contribution in [2.75, 3.05) is 13.7 Å². The summed E-state index contributed by atoms with van der Waals surface area (Å²) in [6.07, 6.45) is -0.750. The van der Waals surface area contributed by atoms with Gasteiger partial charge in [-0.15, -0.1) is 0 Å². The summed E-state index contributed by atoms with van der Waals surface area (Å²) < 4.78 is 19.4. The number of hydrogen-bond donors (Lipinski definition) is 1. The quantitative estimate of drug-likeness (QED) is 0.593. The highest BCUT2D eigenvalue weighted by Gasteiger charge is 2.32. The van der Waals surface area contributed by atoms with Crippen molar-refractivity contribution < 1.29 is 23.8 Å². The second kappa shape index (κ2) is 8.83. The first-order valence-electron chi connectivity index (χ1n) is 10.4. The van der Waals surface area contributed by atoms with Crippen molar-refractivity contribution in [2.24, 2.45) is 0 Å². The van der Waals surface area contributed by atoms with Crippen LogP contribution in [0.25, 0.3) is 11.1 Å². The van der Waals surface area contributed by atoms with Gasteiger partial charge in [0.05, 0.1) is 0 Å². The Bertz CT molecular complexity index is 1130. The molecule has 1 amide bonds. The monoisotopic (exact) mass is 433 g/mol. The van der Waals surface area contributed by atoms with E-state index < -0.39 is 23.9 Å². The molecule has 3 aromatic carbocycles. The molecule has 32 heavy (non-hydrogen) atoms. The Kier molecular flexibility index (Phi) is 5.95. The fraction of sp³-hybridized carbons (Fsp3) is 0.231. The van der Waals surface area contributed by atoms with E-state index in [0.717, 1.165) is 27.2 Å². The number of ether oxygens (including phenoxy) is 1. The number of carbonyl (C=O) groups excluding carboxylic acids is 1. The molecule has 3 aromatic rings. The van der Waals surface area contributed by atoms with Gasteiger partial charge >= 0.3 is 12.1 Å². The van der Waals surface area contributed by atoms with Gasteiger partial charge in [-0.3, -0.25) is 4.90 Å². The molecule has 1 aliphatic carbocycles. The molecule has 1 aliphatic rings. The summed E-state index contributed by atoms with van der Waals surface area (Å²) in [7, 11) is 1.39. The maximum atomic E-state index is 13.9. The molecule has 4 rings (SSSR count). The highest BCUT2D eigenvalue weighted by atomic mass is 19.1. The topological polar surface area (TPSA) is 66.8 Å². The number of carboxylic acid groups (broad SMARTS) is 1. The molecule has 0 saturated heterocycles. The number of carbonyl (C=O) groups is 2. The molecule has 0 aromatic heterocycles. The van der Waals surface area contributed by atoms with Crippen LogP contribution in [0.1, 0.15) is 28.2 Å². The van der Waals surface area contributed by atoms with Crippen LogP contribution in [0.3, 0.4) is 0 Å². The Morgan fingerprint density at radius 2 is 1.62 bits per heavy atom. The number of aryl methyl sites for hydroxylation is 1. The molecular formula is C26H24FNO4. The largest absolute Gasteiger partial charge is 0.480 e. The van der Waals surface area contributed by atoms with Crippen LogP contribution in [0.4, 0.5) is 9.18 Å². The molecule has 0 aliphatic heterocycles. The van der Waals surface area contributed by atoms with Gasteiger partial charge in [0.1, 0.15) is 18.5 Å². The lowest BCUT2D eigenvalue weighted by atomic mass is 9.98. The zero-order chi connectivity index (χ0) is 22.8. The summed E-state index contributed by atoms with van der Waals surface area (Å²) >= 11 is 0. The predicted octanol–water partition coefficient (Wildman–Crippen LogP) is 5.01. The third-order valence-corrected chi connectivity index (χ3v) is 6.04. The normalized spacial score (nSPS) is 13.2. The van der Waals surface area contributed by atoms with E-state index in [4.69, 9.17) is 4.74 Å². The van der Waals surface area contributed by atoms with Gasteiger partial charge < -0.3 is 9.84 Å². The van der Waals surface area contributed by atoms with Crippen molar-refractivity contribution in [3.05, 3.63) is 94.8 Å². The number of aliphatic carboxylic acids is 1. The highest BCUT2D eigenvalue weighted by molar-refractivity contribution is 5.81. The Balaban J connectivity index is 1.48. The molecule has 0 spiro atoms. The minimum absolute atomic E-state index is 0.0206. The maximum absolute atomic E-state index is 13.9. The fourth-order valence-corrected chi connectivity index (χ4v) is 4.20. The van der Waals surface area contributed by atoms with Crippen molar-refractivity contribution in [1.29, 1.82) is 0 Å². The van der Waals surface area contributed by atoms with Crippen LogP contribution in [-0.2, 0) is 16.0 Å². The number of amides is 1. The SMILES string of the molecule is Cc1ccc(CC(C(=O)O)N(C)C(=O)OCC2c3ccccc3-c3ccccc32)cc1F. The lowest BCUT2D eigenvalue weighted by molar-refractivity contribution is -0.142. The van der Waals surface area contributed by atoms with Gasteiger partial charge in [-0.05, 0) is 46.4 Å². The van der Waals surface area contributed by atoms with E-state index >= 15 is 0 Å². The summed E-state index contributed by atoms with van der Waals surface area (Å²) in [5.41, 5.74) is 5.36. The van der Waals surface area contributed by atoms with Crippen molar-refractivity contribution >= 4 is 12.1 Å². The van der Waals surface area contributed by atoms with Gasteiger partial charge in [-0.1, -0.05) is 60.7 Å². The smallest absolute Gasteiger partial charge is 0.410 e. The van der Waals surface area contributed by atoms with E-state index in [1.54, 1.807) is 19.1 Å². The van der Waals surface area contributed by atoms with Crippen molar-refractivity contribution in [2.45, 2.75) is 25.3 Å². The van der Waals surface area contributed by atoms with Crippen LogP contribution in [-0.4, -0.2) is 41.8 Å². The second-order valence-electron chi connectivity index (χ2n) is 8.06. The van der Waals surface area contributed by atoms with Crippen LogP contribution in [0, 0.1) is 12.7 Å². The molecule has 0 radical (unpaired) electrons. The minimum Gasteiger partial charge on any atom is -0.480 e. The molecular weight excluding hydrogens is 409 g/mol. The van der Waals surface area contributed by atoms with Crippen molar-refractivity contribution in [3.8, 4) is 11.1 Å². The Labute approximate surface area is 186 Å². The molecule has 0 saturated carbocycles. The number of carboxylic acids is 1. The fourth-order valence-electron chi connectivity index (χ4n) is 4.20. The lowest BCUT2D eigenvalue weighted by Crippen LogP contribution is -2.44. The zero-order valence-corrected chi connectivity index (χ0v) is 17.9. The standard InChI is InChI=1S/C26H24FNO4/c1-16-11-12-17(13-23(16)27)14-24(25(29)30)28(2)26(31)32-15-22-20-9-5-3-7-18(20)19-8-4-6-10-21(19)22/h3-13,22,24H,14-15H2,1-2H3,(H,29,30). The maximum Gasteiger partial charge on any atom is 0.410 e. The van der Waals surface area contributed by atoms with E-state index in [9.17, 15) is 19.1 Å². The minimum atomic E-state index is -1.18. The second-order valence-corrected chi connectivity index (χ2v) is 8.06. The first kappa shape index (κ1) is 21.6. The number of rotatable bonds is 6. The van der Waals surface area contributed by atoms with Gasteiger partial charge in [0.15, 0.2) is 0 Å². The van der Waals surface area contributed by atoms with E-state index in [-0.39, 0.29) is 18.9 Å². The average molecular weight is 433 g/mol. The summed E-state index contributed by atoms with van der Waals surface area (Å²) in [6.45, 7) is 1.74. The number of hydrogen-bond acceptors (Lipinski definition) is 3. The number of benzene rings is 3. The molecule has 1 atom stereocenters. The van der Waals surface area contributed by atoms with Crippen LogP contribution in [0.2, 0.25) is 0 Å². The number of nitrogens with zero attached hydrogens (tertiary/aromatic N) is 1. The Morgan fingerprint density at radius 3 is 2.19 bits per heavy atom. The number of likely N-dealkylation sites (N-methyl/N-ethyl adjacent to an activating group) is 1. The van der Waals surface area contributed by atoms with Gasteiger partial charge in [0.25, 0.3) is 0 Å². The number of halogens is 1. The molecule has 0 heterocycles. The van der Waals surface area contributed by atoms with E-state index in [1.165, 1.54) is 13.1 Å². The molecule has 1 unspecified atom stereocenters. The molecule has 5 nitrogen and oxygen atoms in total. The summed E-state index contributed by atoms with van der Waals surface area (Å²) in [4.78, 5) is 25.7. The molecule has 6 heteroatoms. The number of fused-ring (bicyclic) bond motifs is 3. The van der Waals surface area contributed by atoms with Gasteiger partial charge in [-0.2, -0.15) is 0 Å². The first-order valence-corrected chi connectivity index (χ1v) is 10.4. The van der Waals surface area contributed by atoms with Gasteiger partial charge in [0.2, 0.25) is 0 Å². The van der Waals surface area contributed by atoms with E-state index in [1.807, 2.05) is 48.5 Å². The third kappa shape index (κ3) is 4.08. The molecule has 0 fully saturated rings. The van der Waals surface area contributed by atoms with Crippen LogP contribution >= 0.6 is 0 Å².